The summed E-state index contributed by atoms with van der Waals surface area (Å²) in [7, 11) is 1.77. The molecule has 1 aliphatic rings. The summed E-state index contributed by atoms with van der Waals surface area (Å²) in [5.41, 5.74) is 1.24. The van der Waals surface area contributed by atoms with Gasteiger partial charge in [0, 0.05) is 31.0 Å². The summed E-state index contributed by atoms with van der Waals surface area (Å²) in [6.07, 6.45) is 5.00. The topological polar surface area (TPSA) is 105 Å². The molecule has 0 spiro atoms. The molecule has 0 amide bonds. The van der Waals surface area contributed by atoms with E-state index in [0.29, 0.717) is 23.0 Å². The Morgan fingerprint density at radius 1 is 1.16 bits per heavy atom. The van der Waals surface area contributed by atoms with Crippen LogP contribution in [0.5, 0.6) is 0 Å². The largest absolute Gasteiger partial charge is 0.390 e. The molecule has 4 aromatic heterocycles. The summed E-state index contributed by atoms with van der Waals surface area (Å²) in [4.78, 5) is 9.06. The van der Waals surface area contributed by atoms with Gasteiger partial charge in [0.05, 0.1) is 23.1 Å². The van der Waals surface area contributed by atoms with Gasteiger partial charge < -0.3 is 15.7 Å². The molecule has 0 unspecified atom stereocenters. The summed E-state index contributed by atoms with van der Waals surface area (Å²) in [6, 6.07) is 3.75. The van der Waals surface area contributed by atoms with Crippen LogP contribution in [0.2, 0.25) is 0 Å². The van der Waals surface area contributed by atoms with Crippen molar-refractivity contribution in [2.45, 2.75) is 50.7 Å². The highest BCUT2D eigenvalue weighted by Gasteiger charge is 2.29. The molecule has 9 nitrogen and oxygen atoms in total. The number of nitrogens with zero attached hydrogens (tertiary/aromatic N) is 6. The zero-order valence-electron chi connectivity index (χ0n) is 17.8. The number of fused-ring (bicyclic) bond motifs is 2. The summed E-state index contributed by atoms with van der Waals surface area (Å²) < 4.78 is 29.7. The summed E-state index contributed by atoms with van der Waals surface area (Å²) in [5, 5.41) is 25.2. The van der Waals surface area contributed by atoms with Gasteiger partial charge in [0.2, 0.25) is 5.95 Å². The fraction of sp³-hybridized carbons (Fsp3) is 0.429. The minimum atomic E-state index is -2.66. The van der Waals surface area contributed by atoms with E-state index >= 15 is 0 Å². The first-order valence-corrected chi connectivity index (χ1v) is 10.5. The molecule has 0 bridgehead atoms. The predicted molar refractivity (Wildman–Crippen MR) is 116 cm³/mol. The van der Waals surface area contributed by atoms with Gasteiger partial charge in [-0.15, -0.1) is 5.10 Å². The lowest BCUT2D eigenvalue weighted by Crippen LogP contribution is -2.36. The molecule has 11 heteroatoms. The average Bonchev–Trinajstić information content (AvgIpc) is 3.38. The molecule has 0 radical (unpaired) electrons. The minimum absolute atomic E-state index is 0.121. The van der Waals surface area contributed by atoms with Gasteiger partial charge in [0.25, 0.3) is 6.43 Å². The molecule has 4 heterocycles. The van der Waals surface area contributed by atoms with Crippen LogP contribution in [-0.4, -0.2) is 53.0 Å². The maximum atomic E-state index is 13.3. The number of aliphatic hydroxyl groups is 1. The van der Waals surface area contributed by atoms with E-state index in [1.54, 1.807) is 30.0 Å². The fourth-order valence-corrected chi connectivity index (χ4v) is 4.22. The van der Waals surface area contributed by atoms with Crippen molar-refractivity contribution in [1.29, 1.82) is 0 Å². The monoisotopic (exact) mass is 442 g/mol. The van der Waals surface area contributed by atoms with E-state index in [1.807, 2.05) is 13.0 Å². The maximum Gasteiger partial charge on any atom is 0.269 e. The molecule has 0 saturated heterocycles. The van der Waals surface area contributed by atoms with Gasteiger partial charge in [-0.25, -0.2) is 22.8 Å². The Hall–Kier alpha value is -3.34. The summed E-state index contributed by atoms with van der Waals surface area (Å²) >= 11 is 0. The first-order chi connectivity index (χ1) is 15.3. The van der Waals surface area contributed by atoms with Crippen molar-refractivity contribution < 1.29 is 13.9 Å². The third-order valence-corrected chi connectivity index (χ3v) is 6.05. The van der Waals surface area contributed by atoms with Crippen LogP contribution in [0, 0.1) is 0 Å². The zero-order valence-corrected chi connectivity index (χ0v) is 17.8. The Labute approximate surface area is 182 Å². The van der Waals surface area contributed by atoms with Crippen molar-refractivity contribution in [3.05, 3.63) is 36.3 Å². The number of alkyl halides is 2. The molecule has 0 atom stereocenters. The number of halogens is 2. The van der Waals surface area contributed by atoms with Gasteiger partial charge in [0.15, 0.2) is 11.5 Å². The van der Waals surface area contributed by atoms with Crippen LogP contribution < -0.4 is 10.6 Å². The Balaban J connectivity index is 1.51. The number of anilines is 2. The van der Waals surface area contributed by atoms with Crippen LogP contribution in [0.3, 0.4) is 0 Å². The molecule has 1 fully saturated rings. The lowest BCUT2D eigenvalue weighted by atomic mass is 9.84. The molecular formula is C21H24F2N8O. The van der Waals surface area contributed by atoms with E-state index in [4.69, 9.17) is 0 Å². The Kier molecular flexibility index (Phi) is 4.92. The van der Waals surface area contributed by atoms with Crippen LogP contribution in [0.25, 0.3) is 22.4 Å². The summed E-state index contributed by atoms with van der Waals surface area (Å²) in [5.74, 6) is 1.07. The van der Waals surface area contributed by atoms with E-state index in [1.165, 1.54) is 4.52 Å². The first kappa shape index (κ1) is 20.6. The van der Waals surface area contributed by atoms with Crippen LogP contribution in [-0.2, 0) is 0 Å². The van der Waals surface area contributed by atoms with Gasteiger partial charge in [-0.1, -0.05) is 0 Å². The van der Waals surface area contributed by atoms with Crippen molar-refractivity contribution in [2.75, 3.05) is 17.7 Å². The minimum Gasteiger partial charge on any atom is -0.390 e. The number of aromatic nitrogens is 6. The molecule has 32 heavy (non-hydrogen) atoms. The van der Waals surface area contributed by atoms with Crippen LogP contribution >= 0.6 is 0 Å². The molecule has 0 aliphatic heterocycles. The molecule has 1 aliphatic carbocycles. The van der Waals surface area contributed by atoms with Gasteiger partial charge in [0.1, 0.15) is 5.52 Å². The molecule has 1 saturated carbocycles. The molecule has 5 rings (SSSR count). The highest BCUT2D eigenvalue weighted by atomic mass is 19.3. The van der Waals surface area contributed by atoms with Gasteiger partial charge in [-0.3, -0.25) is 0 Å². The molecule has 0 aromatic carbocycles. The van der Waals surface area contributed by atoms with Crippen molar-refractivity contribution >= 4 is 22.9 Å². The van der Waals surface area contributed by atoms with E-state index in [9.17, 15) is 13.9 Å². The normalized spacial score (nSPS) is 21.5. The van der Waals surface area contributed by atoms with E-state index in [-0.39, 0.29) is 17.3 Å². The lowest BCUT2D eigenvalue weighted by molar-refractivity contribution is 0.0195. The smallest absolute Gasteiger partial charge is 0.269 e. The third kappa shape index (κ3) is 3.62. The highest BCUT2D eigenvalue weighted by molar-refractivity contribution is 5.87. The van der Waals surface area contributed by atoms with E-state index in [2.05, 4.69) is 30.8 Å². The van der Waals surface area contributed by atoms with Crippen molar-refractivity contribution in [1.82, 2.24) is 29.2 Å². The summed E-state index contributed by atoms with van der Waals surface area (Å²) in [6.45, 7) is 1.87. The zero-order chi connectivity index (χ0) is 22.5. The maximum absolute atomic E-state index is 13.3. The molecular weight excluding hydrogens is 418 g/mol. The van der Waals surface area contributed by atoms with Crippen molar-refractivity contribution in [2.24, 2.45) is 0 Å². The van der Waals surface area contributed by atoms with Crippen molar-refractivity contribution in [3.8, 4) is 11.3 Å². The lowest BCUT2D eigenvalue weighted by Gasteiger charge is -2.33. The van der Waals surface area contributed by atoms with Gasteiger partial charge in [-0.2, -0.15) is 10.1 Å². The number of hydrogen-bond donors (Lipinski definition) is 3. The number of nitrogens with one attached hydrogen (secondary N) is 2. The number of hydrogen-bond acceptors (Lipinski definition) is 7. The van der Waals surface area contributed by atoms with Crippen LogP contribution in [0.4, 0.5) is 20.5 Å². The first-order valence-electron chi connectivity index (χ1n) is 10.5. The van der Waals surface area contributed by atoms with Crippen LogP contribution in [0.1, 0.15) is 44.6 Å². The Morgan fingerprint density at radius 2 is 1.91 bits per heavy atom. The molecule has 168 valence electrons. The quantitative estimate of drug-likeness (QED) is 0.434. The Bertz CT molecular complexity index is 1270. The van der Waals surface area contributed by atoms with E-state index in [0.717, 1.165) is 37.4 Å². The van der Waals surface area contributed by atoms with Crippen LogP contribution in [0.15, 0.2) is 30.7 Å². The predicted octanol–water partition coefficient (Wildman–Crippen LogP) is 3.52. The van der Waals surface area contributed by atoms with E-state index < -0.39 is 12.0 Å². The average molecular weight is 442 g/mol. The van der Waals surface area contributed by atoms with Gasteiger partial charge in [-0.05, 0) is 44.7 Å². The molecule has 4 aromatic rings. The second-order valence-electron chi connectivity index (χ2n) is 8.45. The standard InChI is InChI=1S/C21H24F2N8O/c1-21(32)7-3-12(4-8-21)26-20-28-18(24-2)16-13(5-9-30(16)29-20)15-6-10-31-19(27-15)14(11-25-31)17(22)23/h5-6,9-12,17,32H,3-4,7-8H2,1-2H3,(H2,24,26,28,29). The second-order valence-corrected chi connectivity index (χ2v) is 8.45. The Morgan fingerprint density at radius 3 is 2.62 bits per heavy atom. The van der Waals surface area contributed by atoms with Gasteiger partial charge >= 0.3 is 0 Å². The third-order valence-electron chi connectivity index (χ3n) is 6.05. The molecule has 3 N–H and O–H groups in total. The number of rotatable bonds is 5. The second kappa shape index (κ2) is 7.66. The fourth-order valence-electron chi connectivity index (χ4n) is 4.22. The van der Waals surface area contributed by atoms with Crippen molar-refractivity contribution in [3.63, 3.8) is 0 Å². The highest BCUT2D eigenvalue weighted by Crippen LogP contribution is 2.32. The SMILES string of the molecule is CNc1nc(NC2CCC(C)(O)CC2)nn2ccc(-c3ccn4ncc(C(F)F)c4n3)c12.